The molecule has 0 aromatic carbocycles. The lowest BCUT2D eigenvalue weighted by Crippen LogP contribution is -2.42. The van der Waals surface area contributed by atoms with E-state index in [1.165, 1.54) is 12.8 Å². The van der Waals surface area contributed by atoms with Gasteiger partial charge in [0.1, 0.15) is 5.15 Å². The largest absolute Gasteiger partial charge is 0.381 e. The van der Waals surface area contributed by atoms with Gasteiger partial charge in [0.2, 0.25) is 0 Å². The van der Waals surface area contributed by atoms with Crippen LogP contribution in [0.3, 0.4) is 0 Å². The molecule has 1 N–H and O–H groups in total. The van der Waals surface area contributed by atoms with E-state index in [9.17, 15) is 0 Å². The van der Waals surface area contributed by atoms with Gasteiger partial charge in [0.25, 0.3) is 0 Å². The van der Waals surface area contributed by atoms with Gasteiger partial charge in [-0.3, -0.25) is 0 Å². The molecular formula is C12H18ClN3. The maximum Gasteiger partial charge on any atom is 0.129 e. The van der Waals surface area contributed by atoms with Crippen molar-refractivity contribution in [2.45, 2.75) is 31.8 Å². The van der Waals surface area contributed by atoms with Gasteiger partial charge in [-0.25, -0.2) is 4.98 Å². The molecule has 1 aromatic heterocycles. The number of pyridine rings is 1. The summed E-state index contributed by atoms with van der Waals surface area (Å²) in [4.78, 5) is 6.47. The second-order valence-electron chi connectivity index (χ2n) is 4.56. The first-order chi connectivity index (χ1) is 7.65. The zero-order chi connectivity index (χ0) is 11.5. The van der Waals surface area contributed by atoms with Crippen LogP contribution in [0.2, 0.25) is 5.15 Å². The molecule has 0 bridgehead atoms. The van der Waals surface area contributed by atoms with Crippen LogP contribution in [0.15, 0.2) is 18.3 Å². The Kier molecular flexibility index (Phi) is 3.66. The van der Waals surface area contributed by atoms with Crippen LogP contribution in [0.1, 0.15) is 19.8 Å². The summed E-state index contributed by atoms with van der Waals surface area (Å²) < 4.78 is 0. The Bertz CT molecular complexity index is 339. The van der Waals surface area contributed by atoms with Crippen molar-refractivity contribution in [3.05, 3.63) is 23.5 Å². The predicted octanol–water partition coefficient (Wildman–Crippen LogP) is 2.63. The smallest absolute Gasteiger partial charge is 0.129 e. The monoisotopic (exact) mass is 239 g/mol. The van der Waals surface area contributed by atoms with Crippen molar-refractivity contribution < 1.29 is 0 Å². The molecule has 16 heavy (non-hydrogen) atoms. The first-order valence-corrected chi connectivity index (χ1v) is 6.11. The van der Waals surface area contributed by atoms with E-state index in [1.54, 1.807) is 6.20 Å². The zero-order valence-electron chi connectivity index (χ0n) is 9.78. The highest BCUT2D eigenvalue weighted by molar-refractivity contribution is 6.29. The van der Waals surface area contributed by atoms with Crippen LogP contribution in [-0.2, 0) is 0 Å². The second kappa shape index (κ2) is 5.02. The van der Waals surface area contributed by atoms with Crippen LogP contribution in [0.4, 0.5) is 5.69 Å². The van der Waals surface area contributed by atoms with Crippen molar-refractivity contribution >= 4 is 17.3 Å². The number of hydrogen-bond donors (Lipinski definition) is 1. The van der Waals surface area contributed by atoms with Crippen molar-refractivity contribution in [1.29, 1.82) is 0 Å². The summed E-state index contributed by atoms with van der Waals surface area (Å²) >= 11 is 5.75. The average molecular weight is 240 g/mol. The van der Waals surface area contributed by atoms with E-state index in [-0.39, 0.29) is 0 Å². The summed E-state index contributed by atoms with van der Waals surface area (Å²) in [6.45, 7) is 3.42. The molecule has 2 rings (SSSR count). The number of halogens is 1. The summed E-state index contributed by atoms with van der Waals surface area (Å²) in [5.41, 5.74) is 1.06. The van der Waals surface area contributed by atoms with Gasteiger partial charge in [0.15, 0.2) is 0 Å². The first kappa shape index (κ1) is 11.7. The molecule has 1 aliphatic rings. The van der Waals surface area contributed by atoms with E-state index in [0.29, 0.717) is 17.2 Å². The molecule has 4 heteroatoms. The molecule has 1 aromatic rings. The van der Waals surface area contributed by atoms with E-state index < -0.39 is 0 Å². The molecule has 2 unspecified atom stereocenters. The predicted molar refractivity (Wildman–Crippen MR) is 68.0 cm³/mol. The third-order valence-electron chi connectivity index (χ3n) is 3.31. The maximum atomic E-state index is 5.75. The molecule has 88 valence electrons. The lowest BCUT2D eigenvalue weighted by atomic mass is 9.99. The fourth-order valence-electron chi connectivity index (χ4n) is 2.12. The van der Waals surface area contributed by atoms with Gasteiger partial charge in [0.05, 0.1) is 11.9 Å². The number of rotatable bonds is 2. The van der Waals surface area contributed by atoms with Gasteiger partial charge >= 0.3 is 0 Å². The minimum atomic E-state index is 0.544. The summed E-state index contributed by atoms with van der Waals surface area (Å²) in [5.74, 6) is 0. The fraction of sp³-hybridized carbons (Fsp3) is 0.583. The van der Waals surface area contributed by atoms with Gasteiger partial charge in [0, 0.05) is 18.6 Å². The van der Waals surface area contributed by atoms with Gasteiger partial charge in [-0.05, 0) is 38.9 Å². The van der Waals surface area contributed by atoms with Crippen LogP contribution in [0.25, 0.3) is 0 Å². The Balaban J connectivity index is 1.93. The summed E-state index contributed by atoms with van der Waals surface area (Å²) in [6, 6.07) is 5.00. The lowest BCUT2D eigenvalue weighted by Gasteiger charge is -2.35. The minimum Gasteiger partial charge on any atom is -0.381 e. The number of piperidine rings is 1. The van der Waals surface area contributed by atoms with E-state index in [4.69, 9.17) is 11.6 Å². The van der Waals surface area contributed by atoms with Crippen molar-refractivity contribution in [3.63, 3.8) is 0 Å². The number of hydrogen-bond acceptors (Lipinski definition) is 3. The summed E-state index contributed by atoms with van der Waals surface area (Å²) in [6.07, 6.45) is 4.16. The fourth-order valence-corrected chi connectivity index (χ4v) is 2.23. The second-order valence-corrected chi connectivity index (χ2v) is 4.95. The average Bonchev–Trinajstić information content (AvgIpc) is 2.27. The van der Waals surface area contributed by atoms with E-state index in [1.807, 2.05) is 12.1 Å². The SMILES string of the molecule is CC1CC(Nc2ccc(Cl)nc2)CCN1C. The van der Waals surface area contributed by atoms with Crippen LogP contribution < -0.4 is 5.32 Å². The van der Waals surface area contributed by atoms with Gasteiger partial charge < -0.3 is 10.2 Å². The maximum absolute atomic E-state index is 5.75. The Morgan fingerprint density at radius 2 is 2.31 bits per heavy atom. The Morgan fingerprint density at radius 3 is 2.94 bits per heavy atom. The van der Waals surface area contributed by atoms with Gasteiger partial charge in [-0.1, -0.05) is 11.6 Å². The van der Waals surface area contributed by atoms with Crippen LogP contribution in [0, 0.1) is 0 Å². The third kappa shape index (κ3) is 2.86. The molecule has 1 fully saturated rings. The number of anilines is 1. The standard InChI is InChI=1S/C12H18ClN3/c1-9-7-10(5-6-16(9)2)15-11-3-4-12(13)14-8-11/h3-4,8-10,15H,5-7H2,1-2H3. The minimum absolute atomic E-state index is 0.544. The quantitative estimate of drug-likeness (QED) is 0.805. The molecule has 3 nitrogen and oxygen atoms in total. The first-order valence-electron chi connectivity index (χ1n) is 5.73. The molecule has 0 aliphatic carbocycles. The Hall–Kier alpha value is -0.800. The molecule has 2 heterocycles. The lowest BCUT2D eigenvalue weighted by molar-refractivity contribution is 0.190. The number of nitrogens with zero attached hydrogens (tertiary/aromatic N) is 2. The summed E-state index contributed by atoms with van der Waals surface area (Å²) in [5, 5.41) is 4.06. The number of likely N-dealkylation sites (tertiary alicyclic amines) is 1. The molecule has 0 spiro atoms. The van der Waals surface area contributed by atoms with Crippen molar-refractivity contribution in [2.75, 3.05) is 18.9 Å². The highest BCUT2D eigenvalue weighted by Crippen LogP contribution is 2.20. The van der Waals surface area contributed by atoms with Crippen molar-refractivity contribution in [1.82, 2.24) is 9.88 Å². The molecular weight excluding hydrogens is 222 g/mol. The molecule has 0 saturated carbocycles. The van der Waals surface area contributed by atoms with E-state index in [0.717, 1.165) is 12.2 Å². The number of aromatic nitrogens is 1. The Morgan fingerprint density at radius 1 is 1.50 bits per heavy atom. The molecule has 2 atom stereocenters. The summed E-state index contributed by atoms with van der Waals surface area (Å²) in [7, 11) is 2.19. The third-order valence-corrected chi connectivity index (χ3v) is 3.53. The van der Waals surface area contributed by atoms with Crippen LogP contribution in [0.5, 0.6) is 0 Å². The topological polar surface area (TPSA) is 28.2 Å². The van der Waals surface area contributed by atoms with E-state index >= 15 is 0 Å². The zero-order valence-corrected chi connectivity index (χ0v) is 10.5. The molecule has 0 amide bonds. The molecule has 1 saturated heterocycles. The van der Waals surface area contributed by atoms with Crippen LogP contribution >= 0.6 is 11.6 Å². The Labute approximate surface area is 102 Å². The molecule has 0 radical (unpaired) electrons. The highest BCUT2D eigenvalue weighted by atomic mass is 35.5. The van der Waals surface area contributed by atoms with Crippen molar-refractivity contribution in [2.24, 2.45) is 0 Å². The highest BCUT2D eigenvalue weighted by Gasteiger charge is 2.22. The normalized spacial score (nSPS) is 26.7. The van der Waals surface area contributed by atoms with Crippen LogP contribution in [-0.4, -0.2) is 35.6 Å². The molecule has 1 aliphatic heterocycles. The van der Waals surface area contributed by atoms with E-state index in [2.05, 4.69) is 29.2 Å². The van der Waals surface area contributed by atoms with Crippen molar-refractivity contribution in [3.8, 4) is 0 Å². The number of nitrogens with one attached hydrogen (secondary N) is 1. The van der Waals surface area contributed by atoms with Gasteiger partial charge in [-0.15, -0.1) is 0 Å². The van der Waals surface area contributed by atoms with Gasteiger partial charge in [-0.2, -0.15) is 0 Å².